The summed E-state index contributed by atoms with van der Waals surface area (Å²) in [6.07, 6.45) is 0. The number of hydrogen-bond donors (Lipinski definition) is 1. The number of hydrogen-bond acceptors (Lipinski definition) is 5. The molecule has 0 atom stereocenters. The zero-order valence-corrected chi connectivity index (χ0v) is 12.4. The number of benzene rings is 1. The molecule has 0 fully saturated rings. The number of nitriles is 1. The lowest BCUT2D eigenvalue weighted by Gasteiger charge is -2.03. The molecule has 0 aliphatic rings. The first kappa shape index (κ1) is 15.3. The number of rotatable bonds is 3. The van der Waals surface area contributed by atoms with Gasteiger partial charge in [-0.2, -0.15) is 5.26 Å². The lowest BCUT2D eigenvalue weighted by atomic mass is 10.1. The van der Waals surface area contributed by atoms with Crippen LogP contribution in [0.1, 0.15) is 37.6 Å². The number of furan rings is 1. The maximum absolute atomic E-state index is 12.2. The molecule has 1 N–H and O–H groups in total. The quantitative estimate of drug-likeness (QED) is 0.879. The van der Waals surface area contributed by atoms with E-state index in [0.717, 1.165) is 5.56 Å². The van der Waals surface area contributed by atoms with E-state index in [1.54, 1.807) is 24.3 Å². The minimum atomic E-state index is -0.686. The van der Waals surface area contributed by atoms with E-state index >= 15 is 0 Å². The van der Waals surface area contributed by atoms with Crippen LogP contribution in [0.3, 0.4) is 0 Å². The summed E-state index contributed by atoms with van der Waals surface area (Å²) in [5.41, 5.74) is 1.41. The van der Waals surface area contributed by atoms with Crippen LogP contribution in [-0.4, -0.2) is 19.0 Å². The van der Waals surface area contributed by atoms with E-state index in [1.165, 1.54) is 14.0 Å². The number of methoxy groups -OCH3 is 1. The van der Waals surface area contributed by atoms with Crippen molar-refractivity contribution < 1.29 is 18.7 Å². The Morgan fingerprint density at radius 1 is 1.23 bits per heavy atom. The van der Waals surface area contributed by atoms with E-state index in [0.29, 0.717) is 5.56 Å². The second-order valence-corrected chi connectivity index (χ2v) is 4.66. The van der Waals surface area contributed by atoms with E-state index in [2.05, 4.69) is 10.1 Å². The fraction of sp³-hybridized carbons (Fsp3) is 0.188. The fourth-order valence-electron chi connectivity index (χ4n) is 1.97. The van der Waals surface area contributed by atoms with Crippen molar-refractivity contribution in [3.05, 3.63) is 52.3 Å². The average molecular weight is 298 g/mol. The second-order valence-electron chi connectivity index (χ2n) is 4.66. The Labute approximate surface area is 127 Å². The maximum atomic E-state index is 12.2. The van der Waals surface area contributed by atoms with Crippen LogP contribution in [-0.2, 0) is 4.74 Å². The van der Waals surface area contributed by atoms with Crippen LogP contribution in [0.25, 0.3) is 0 Å². The van der Waals surface area contributed by atoms with E-state index in [1.807, 2.05) is 13.0 Å². The lowest BCUT2D eigenvalue weighted by molar-refractivity contribution is 0.0598. The molecule has 2 aromatic rings. The summed E-state index contributed by atoms with van der Waals surface area (Å²) in [6.45, 7) is 3.43. The van der Waals surface area contributed by atoms with Crippen LogP contribution in [0.4, 0.5) is 5.88 Å². The molecule has 0 spiro atoms. The predicted octanol–water partition coefficient (Wildman–Crippen LogP) is 2.81. The zero-order chi connectivity index (χ0) is 16.3. The Balaban J connectivity index is 2.34. The highest BCUT2D eigenvalue weighted by atomic mass is 16.5. The summed E-state index contributed by atoms with van der Waals surface area (Å²) in [6, 6.07) is 8.78. The molecule has 0 bridgehead atoms. The van der Waals surface area contributed by atoms with Gasteiger partial charge in [-0.05, 0) is 26.0 Å². The van der Waals surface area contributed by atoms with Crippen molar-refractivity contribution >= 4 is 17.8 Å². The molecule has 0 aliphatic heterocycles. The normalized spacial score (nSPS) is 9.91. The summed E-state index contributed by atoms with van der Waals surface area (Å²) in [7, 11) is 1.21. The number of carbonyl (C=O) groups is 2. The van der Waals surface area contributed by atoms with Crippen LogP contribution in [0.15, 0.2) is 28.7 Å². The third-order valence-electron chi connectivity index (χ3n) is 3.13. The molecule has 6 heteroatoms. The molecule has 1 heterocycles. The SMILES string of the molecule is COC(=O)c1c(C)oc(NC(=O)c2ccc(C)cc2)c1C#N. The zero-order valence-electron chi connectivity index (χ0n) is 12.4. The summed E-state index contributed by atoms with van der Waals surface area (Å²) < 4.78 is 9.93. The van der Waals surface area contributed by atoms with E-state index in [4.69, 9.17) is 4.42 Å². The Hall–Kier alpha value is -3.07. The summed E-state index contributed by atoms with van der Waals surface area (Å²) in [4.78, 5) is 23.8. The molecule has 22 heavy (non-hydrogen) atoms. The van der Waals surface area contributed by atoms with Gasteiger partial charge in [0, 0.05) is 5.56 Å². The highest BCUT2D eigenvalue weighted by Gasteiger charge is 2.25. The predicted molar refractivity (Wildman–Crippen MR) is 78.6 cm³/mol. The average Bonchev–Trinajstić information content (AvgIpc) is 2.82. The number of amides is 1. The monoisotopic (exact) mass is 298 g/mol. The van der Waals surface area contributed by atoms with Crippen molar-refractivity contribution in [1.29, 1.82) is 5.26 Å². The highest BCUT2D eigenvalue weighted by Crippen LogP contribution is 2.27. The van der Waals surface area contributed by atoms with Gasteiger partial charge in [0.1, 0.15) is 23.0 Å². The standard InChI is InChI=1S/C16H14N2O4/c1-9-4-6-11(7-5-9)14(19)18-15-12(8-17)13(10(2)22-15)16(20)21-3/h4-7H,1-3H3,(H,18,19). The highest BCUT2D eigenvalue weighted by molar-refractivity contribution is 6.05. The van der Waals surface area contributed by atoms with Crippen LogP contribution in [0, 0.1) is 25.2 Å². The van der Waals surface area contributed by atoms with Gasteiger partial charge >= 0.3 is 5.97 Å². The lowest BCUT2D eigenvalue weighted by Crippen LogP contribution is -2.12. The van der Waals surface area contributed by atoms with Gasteiger partial charge in [0.15, 0.2) is 0 Å². The molecule has 0 radical (unpaired) electrons. The van der Waals surface area contributed by atoms with E-state index in [-0.39, 0.29) is 22.8 Å². The molecule has 1 aromatic carbocycles. The number of aryl methyl sites for hydroxylation is 2. The van der Waals surface area contributed by atoms with Gasteiger partial charge in [-0.25, -0.2) is 4.79 Å². The smallest absolute Gasteiger partial charge is 0.342 e. The van der Waals surface area contributed by atoms with Crippen molar-refractivity contribution in [3.63, 3.8) is 0 Å². The first-order valence-electron chi connectivity index (χ1n) is 6.47. The molecule has 0 saturated carbocycles. The molecule has 1 aromatic heterocycles. The van der Waals surface area contributed by atoms with Crippen LogP contribution >= 0.6 is 0 Å². The second kappa shape index (κ2) is 6.14. The minimum absolute atomic E-state index is 0.0178. The van der Waals surface area contributed by atoms with Gasteiger partial charge in [0.05, 0.1) is 7.11 Å². The third kappa shape index (κ3) is 2.83. The van der Waals surface area contributed by atoms with Gasteiger partial charge in [0.2, 0.25) is 5.88 Å². The van der Waals surface area contributed by atoms with Gasteiger partial charge in [-0.15, -0.1) is 0 Å². The fourth-order valence-corrected chi connectivity index (χ4v) is 1.97. The van der Waals surface area contributed by atoms with Gasteiger partial charge in [-0.3, -0.25) is 10.1 Å². The van der Waals surface area contributed by atoms with Crippen molar-refractivity contribution in [2.45, 2.75) is 13.8 Å². The van der Waals surface area contributed by atoms with Crippen molar-refractivity contribution in [2.75, 3.05) is 12.4 Å². The van der Waals surface area contributed by atoms with Crippen molar-refractivity contribution in [3.8, 4) is 6.07 Å². The third-order valence-corrected chi connectivity index (χ3v) is 3.13. The molecule has 0 saturated heterocycles. The molecular formula is C16H14N2O4. The largest absolute Gasteiger partial charge is 0.465 e. The molecule has 0 unspecified atom stereocenters. The van der Waals surface area contributed by atoms with E-state index < -0.39 is 11.9 Å². The number of carbonyl (C=O) groups excluding carboxylic acids is 2. The first-order chi connectivity index (χ1) is 10.5. The number of nitrogens with zero attached hydrogens (tertiary/aromatic N) is 1. The number of ether oxygens (including phenoxy) is 1. The molecule has 1 amide bonds. The van der Waals surface area contributed by atoms with Gasteiger partial charge in [-0.1, -0.05) is 17.7 Å². The Kier molecular flexibility index (Phi) is 4.28. The Bertz CT molecular complexity index is 767. The number of esters is 1. The molecular weight excluding hydrogens is 284 g/mol. The molecule has 2 rings (SSSR count). The van der Waals surface area contributed by atoms with Crippen molar-refractivity contribution in [2.24, 2.45) is 0 Å². The topological polar surface area (TPSA) is 92.3 Å². The summed E-state index contributed by atoms with van der Waals surface area (Å²) >= 11 is 0. The van der Waals surface area contributed by atoms with Gasteiger partial charge in [0.25, 0.3) is 5.91 Å². The number of anilines is 1. The Morgan fingerprint density at radius 3 is 2.41 bits per heavy atom. The van der Waals surface area contributed by atoms with Crippen LogP contribution in [0.5, 0.6) is 0 Å². The molecule has 112 valence electrons. The van der Waals surface area contributed by atoms with Crippen LogP contribution in [0.2, 0.25) is 0 Å². The number of nitrogens with one attached hydrogen (secondary N) is 1. The maximum Gasteiger partial charge on any atom is 0.342 e. The van der Waals surface area contributed by atoms with E-state index in [9.17, 15) is 14.9 Å². The summed E-state index contributed by atoms with van der Waals surface area (Å²) in [5.74, 6) is -0.969. The van der Waals surface area contributed by atoms with Gasteiger partial charge < -0.3 is 9.15 Å². The molecule has 0 aliphatic carbocycles. The van der Waals surface area contributed by atoms with Crippen LogP contribution < -0.4 is 5.32 Å². The first-order valence-corrected chi connectivity index (χ1v) is 6.47. The van der Waals surface area contributed by atoms with Crippen molar-refractivity contribution in [1.82, 2.24) is 0 Å². The minimum Gasteiger partial charge on any atom is -0.465 e. The summed E-state index contributed by atoms with van der Waals surface area (Å²) in [5, 5.41) is 11.7. The Morgan fingerprint density at radius 2 is 1.86 bits per heavy atom. The molecule has 6 nitrogen and oxygen atoms in total.